The summed E-state index contributed by atoms with van der Waals surface area (Å²) in [6, 6.07) is -0.682. The molecule has 8 heteroatoms. The van der Waals surface area contributed by atoms with Gasteiger partial charge in [0.25, 0.3) is 0 Å². The summed E-state index contributed by atoms with van der Waals surface area (Å²) in [5.41, 5.74) is 0.930. The minimum Gasteiger partial charge on any atom is -0.444 e. The Hall–Kier alpha value is -1.67. The van der Waals surface area contributed by atoms with Crippen molar-refractivity contribution in [3.05, 3.63) is 0 Å². The highest BCUT2D eigenvalue weighted by molar-refractivity contribution is 5.92. The number of rotatable bonds is 6. The standard InChI is InChI=1S/C17H31N3O5/c1-11(2)8-12(9-14(21)19-24)15(22)13-10-18-6-7-20(13)16(23)25-17(3,4)5/h11-13,18,24H,6-10H2,1-5H3,(H,19,21)/t12-,13+/m1/s1. The number of Topliss-reactive ketones (excluding diaryl/α,β-unsaturated/α-hetero) is 1. The first kappa shape index (κ1) is 21.4. The first-order valence-corrected chi connectivity index (χ1v) is 8.72. The molecule has 0 aliphatic carbocycles. The van der Waals surface area contributed by atoms with Crippen molar-refractivity contribution in [2.24, 2.45) is 11.8 Å². The summed E-state index contributed by atoms with van der Waals surface area (Å²) in [5, 5.41) is 11.9. The molecular formula is C17H31N3O5. The molecule has 1 aliphatic heterocycles. The van der Waals surface area contributed by atoms with E-state index in [0.29, 0.717) is 26.1 Å². The highest BCUT2D eigenvalue weighted by Crippen LogP contribution is 2.22. The van der Waals surface area contributed by atoms with Crippen LogP contribution in [-0.4, -0.2) is 59.2 Å². The lowest BCUT2D eigenvalue weighted by Crippen LogP contribution is -2.59. The lowest BCUT2D eigenvalue weighted by atomic mass is 9.86. The highest BCUT2D eigenvalue weighted by Gasteiger charge is 2.38. The third-order valence-corrected chi connectivity index (χ3v) is 3.91. The molecule has 1 rings (SSSR count). The molecule has 144 valence electrons. The van der Waals surface area contributed by atoms with Crippen LogP contribution in [0.25, 0.3) is 0 Å². The molecule has 2 amide bonds. The number of ether oxygens (including phenoxy) is 1. The maximum atomic E-state index is 13.0. The van der Waals surface area contributed by atoms with Crippen LogP contribution in [-0.2, 0) is 14.3 Å². The summed E-state index contributed by atoms with van der Waals surface area (Å²) in [6.45, 7) is 10.5. The topological polar surface area (TPSA) is 108 Å². The van der Waals surface area contributed by atoms with Crippen LogP contribution >= 0.6 is 0 Å². The molecule has 1 fully saturated rings. The highest BCUT2D eigenvalue weighted by atomic mass is 16.6. The fourth-order valence-electron chi connectivity index (χ4n) is 2.91. The van der Waals surface area contributed by atoms with Gasteiger partial charge in [0.1, 0.15) is 11.6 Å². The smallest absolute Gasteiger partial charge is 0.410 e. The van der Waals surface area contributed by atoms with Crippen molar-refractivity contribution >= 4 is 17.8 Å². The third-order valence-electron chi connectivity index (χ3n) is 3.91. The van der Waals surface area contributed by atoms with Gasteiger partial charge < -0.3 is 10.1 Å². The second kappa shape index (κ2) is 9.15. The number of hydroxylamine groups is 1. The Morgan fingerprint density at radius 2 is 1.96 bits per heavy atom. The molecule has 1 saturated heterocycles. The zero-order chi connectivity index (χ0) is 19.2. The number of ketones is 1. The third kappa shape index (κ3) is 6.99. The van der Waals surface area contributed by atoms with Crippen molar-refractivity contribution in [2.45, 2.75) is 59.1 Å². The summed E-state index contributed by atoms with van der Waals surface area (Å²) in [5.74, 6) is -1.16. The lowest BCUT2D eigenvalue weighted by Gasteiger charge is -2.37. The molecule has 0 bridgehead atoms. The summed E-state index contributed by atoms with van der Waals surface area (Å²) < 4.78 is 5.41. The van der Waals surface area contributed by atoms with E-state index in [1.165, 1.54) is 4.90 Å². The predicted octanol–water partition coefficient (Wildman–Crippen LogP) is 1.32. The van der Waals surface area contributed by atoms with Gasteiger partial charge in [-0.15, -0.1) is 0 Å². The van der Waals surface area contributed by atoms with Crippen LogP contribution in [0.2, 0.25) is 0 Å². The Kier molecular flexibility index (Phi) is 7.82. The van der Waals surface area contributed by atoms with Gasteiger partial charge in [0.2, 0.25) is 5.91 Å². The van der Waals surface area contributed by atoms with E-state index >= 15 is 0 Å². The van der Waals surface area contributed by atoms with E-state index in [9.17, 15) is 14.4 Å². The maximum Gasteiger partial charge on any atom is 0.410 e. The van der Waals surface area contributed by atoms with Gasteiger partial charge in [-0.25, -0.2) is 10.3 Å². The summed E-state index contributed by atoms with van der Waals surface area (Å²) in [4.78, 5) is 38.5. The van der Waals surface area contributed by atoms with E-state index in [0.717, 1.165) is 0 Å². The molecular weight excluding hydrogens is 326 g/mol. The van der Waals surface area contributed by atoms with Crippen LogP contribution in [0.4, 0.5) is 4.79 Å². The van der Waals surface area contributed by atoms with Crippen molar-refractivity contribution in [3.8, 4) is 0 Å². The molecule has 2 atom stereocenters. The molecule has 0 aromatic heterocycles. The van der Waals surface area contributed by atoms with Crippen LogP contribution in [0.15, 0.2) is 0 Å². The Balaban J connectivity index is 2.94. The number of nitrogens with zero attached hydrogens (tertiary/aromatic N) is 1. The minimum atomic E-state index is -0.682. The van der Waals surface area contributed by atoms with Crippen molar-refractivity contribution in [2.75, 3.05) is 19.6 Å². The van der Waals surface area contributed by atoms with Crippen molar-refractivity contribution in [1.82, 2.24) is 15.7 Å². The Labute approximate surface area is 149 Å². The number of nitrogens with one attached hydrogen (secondary N) is 2. The van der Waals surface area contributed by atoms with Crippen molar-refractivity contribution in [3.63, 3.8) is 0 Å². The van der Waals surface area contributed by atoms with E-state index in [1.54, 1.807) is 26.3 Å². The summed E-state index contributed by atoms with van der Waals surface area (Å²) in [6.07, 6.45) is -0.126. The van der Waals surface area contributed by atoms with E-state index in [2.05, 4.69) is 5.32 Å². The number of hydrogen-bond acceptors (Lipinski definition) is 6. The molecule has 0 spiro atoms. The molecule has 0 aromatic carbocycles. The fraction of sp³-hybridized carbons (Fsp3) is 0.824. The summed E-state index contributed by atoms with van der Waals surface area (Å²) >= 11 is 0. The van der Waals surface area contributed by atoms with Crippen molar-refractivity contribution < 1.29 is 24.3 Å². The van der Waals surface area contributed by atoms with Crippen LogP contribution in [0.1, 0.15) is 47.5 Å². The molecule has 0 aromatic rings. The first-order chi connectivity index (χ1) is 11.5. The first-order valence-electron chi connectivity index (χ1n) is 8.72. The molecule has 1 heterocycles. The van der Waals surface area contributed by atoms with E-state index in [1.807, 2.05) is 13.8 Å². The molecule has 3 N–H and O–H groups in total. The van der Waals surface area contributed by atoms with Gasteiger partial charge in [-0.1, -0.05) is 13.8 Å². The Morgan fingerprint density at radius 1 is 1.32 bits per heavy atom. The quantitative estimate of drug-likeness (QED) is 0.489. The van der Waals surface area contributed by atoms with Gasteiger partial charge >= 0.3 is 6.09 Å². The number of amides is 2. The zero-order valence-electron chi connectivity index (χ0n) is 15.8. The molecule has 0 saturated carbocycles. The minimum absolute atomic E-state index is 0.105. The predicted molar refractivity (Wildman–Crippen MR) is 92.1 cm³/mol. The van der Waals surface area contributed by atoms with Crippen molar-refractivity contribution in [1.29, 1.82) is 0 Å². The number of carbonyl (C=O) groups excluding carboxylic acids is 3. The molecule has 0 radical (unpaired) electrons. The molecule has 0 unspecified atom stereocenters. The second-order valence-corrected chi connectivity index (χ2v) is 7.86. The SMILES string of the molecule is CC(C)C[C@H](CC(=O)NO)C(=O)[C@@H]1CNCCN1C(=O)OC(C)(C)C. The second-order valence-electron chi connectivity index (χ2n) is 7.86. The van der Waals surface area contributed by atoms with Crippen LogP contribution in [0, 0.1) is 11.8 Å². The van der Waals surface area contributed by atoms with Crippen LogP contribution in [0.5, 0.6) is 0 Å². The van der Waals surface area contributed by atoms with Crippen LogP contribution < -0.4 is 10.8 Å². The Bertz CT molecular complexity index is 487. The van der Waals surface area contributed by atoms with Gasteiger partial charge in [0.15, 0.2) is 5.78 Å². The number of piperazine rings is 1. The normalized spacial score (nSPS) is 19.5. The lowest BCUT2D eigenvalue weighted by molar-refractivity contribution is -0.136. The monoisotopic (exact) mass is 357 g/mol. The largest absolute Gasteiger partial charge is 0.444 e. The molecule has 8 nitrogen and oxygen atoms in total. The average Bonchev–Trinajstić information content (AvgIpc) is 2.51. The van der Waals surface area contributed by atoms with Gasteiger partial charge in [-0.3, -0.25) is 19.7 Å². The van der Waals surface area contributed by atoms with E-state index in [4.69, 9.17) is 9.94 Å². The zero-order valence-corrected chi connectivity index (χ0v) is 15.8. The van der Waals surface area contributed by atoms with Gasteiger partial charge in [0, 0.05) is 32.0 Å². The molecule has 1 aliphatic rings. The van der Waals surface area contributed by atoms with Gasteiger partial charge in [-0.2, -0.15) is 0 Å². The van der Waals surface area contributed by atoms with E-state index in [-0.39, 0.29) is 18.1 Å². The molecule has 25 heavy (non-hydrogen) atoms. The summed E-state index contributed by atoms with van der Waals surface area (Å²) in [7, 11) is 0. The van der Waals surface area contributed by atoms with E-state index < -0.39 is 29.6 Å². The number of hydrogen-bond donors (Lipinski definition) is 3. The van der Waals surface area contributed by atoms with Gasteiger partial charge in [0.05, 0.1) is 0 Å². The average molecular weight is 357 g/mol. The fourth-order valence-corrected chi connectivity index (χ4v) is 2.91. The van der Waals surface area contributed by atoms with Crippen LogP contribution in [0.3, 0.4) is 0 Å². The van der Waals surface area contributed by atoms with Gasteiger partial charge in [-0.05, 0) is 33.1 Å². The Morgan fingerprint density at radius 3 is 2.48 bits per heavy atom. The number of carbonyl (C=O) groups is 3. The maximum absolute atomic E-state index is 13.0.